The summed E-state index contributed by atoms with van der Waals surface area (Å²) in [6.45, 7) is 9.68. The summed E-state index contributed by atoms with van der Waals surface area (Å²) in [5.74, 6) is 1.57. The minimum Gasteiger partial charge on any atom is -0.302 e. The number of rotatable bonds is 3. The van der Waals surface area contributed by atoms with Crippen LogP contribution in [0.25, 0.3) is 0 Å². The fourth-order valence-corrected chi connectivity index (χ4v) is 2.11. The zero-order valence-corrected chi connectivity index (χ0v) is 10.4. The maximum absolute atomic E-state index is 9.09. The molecule has 1 aliphatic heterocycles. The molecule has 0 spiro atoms. The highest BCUT2D eigenvalue weighted by atomic mass is 15.2. The average molecular weight is 209 g/mol. The Labute approximate surface area is 93.5 Å². The number of nitrogens with one attached hydrogen (secondary N) is 1. The lowest BCUT2D eigenvalue weighted by molar-refractivity contribution is 0.119. The third kappa shape index (κ3) is 3.19. The molecule has 0 amide bonds. The molecule has 3 nitrogen and oxygen atoms in total. The fraction of sp³-hybridized carbons (Fsp3) is 0.917. The molecule has 1 rings (SSSR count). The summed E-state index contributed by atoms with van der Waals surface area (Å²) in [5, 5.41) is 12.2. The molecule has 1 aliphatic rings. The Kier molecular flexibility index (Phi) is 4.12. The monoisotopic (exact) mass is 209 g/mol. The number of likely N-dealkylation sites (N-methyl/N-ethyl adjacent to an activating group) is 1. The van der Waals surface area contributed by atoms with Crippen LogP contribution < -0.4 is 5.32 Å². The van der Waals surface area contributed by atoms with E-state index in [1.54, 1.807) is 0 Å². The van der Waals surface area contributed by atoms with Crippen molar-refractivity contribution >= 4 is 0 Å². The van der Waals surface area contributed by atoms with Crippen LogP contribution in [-0.2, 0) is 0 Å². The Morgan fingerprint density at radius 2 is 2.13 bits per heavy atom. The van der Waals surface area contributed by atoms with Gasteiger partial charge >= 0.3 is 0 Å². The summed E-state index contributed by atoms with van der Waals surface area (Å²) in [6.07, 6.45) is 1.26. The van der Waals surface area contributed by atoms with E-state index in [9.17, 15) is 0 Å². The van der Waals surface area contributed by atoms with Crippen LogP contribution in [0.4, 0.5) is 0 Å². The summed E-state index contributed by atoms with van der Waals surface area (Å²) in [7, 11) is 1.86. The zero-order valence-electron chi connectivity index (χ0n) is 10.4. The van der Waals surface area contributed by atoms with Gasteiger partial charge in [0.15, 0.2) is 0 Å². The molecule has 0 radical (unpaired) electrons. The highest BCUT2D eigenvalue weighted by Gasteiger charge is 2.29. The van der Waals surface area contributed by atoms with Gasteiger partial charge in [0, 0.05) is 13.1 Å². The highest BCUT2D eigenvalue weighted by molar-refractivity contribution is 5.05. The summed E-state index contributed by atoms with van der Waals surface area (Å²) in [5.41, 5.74) is -0.402. The van der Waals surface area contributed by atoms with Crippen LogP contribution in [0.3, 0.4) is 0 Å². The number of hydrogen-bond donors (Lipinski definition) is 1. The van der Waals surface area contributed by atoms with E-state index < -0.39 is 5.54 Å². The Morgan fingerprint density at radius 1 is 1.47 bits per heavy atom. The van der Waals surface area contributed by atoms with Gasteiger partial charge in [-0.05, 0) is 38.8 Å². The van der Waals surface area contributed by atoms with Gasteiger partial charge < -0.3 is 10.2 Å². The van der Waals surface area contributed by atoms with Crippen molar-refractivity contribution in [3.05, 3.63) is 0 Å². The first kappa shape index (κ1) is 12.5. The molecule has 0 aromatic rings. The molecule has 0 aromatic carbocycles. The van der Waals surface area contributed by atoms with E-state index in [1.165, 1.54) is 6.42 Å². The topological polar surface area (TPSA) is 39.1 Å². The first-order valence-corrected chi connectivity index (χ1v) is 5.83. The Balaban J connectivity index is 2.50. The standard InChI is InChI=1S/C12H23N3/c1-10-5-6-15(7-11(10)2)9-12(3,8-13)14-4/h10-11,14H,5-7,9H2,1-4H3. The second-order valence-corrected chi connectivity index (χ2v) is 5.17. The normalized spacial score (nSPS) is 31.9. The van der Waals surface area contributed by atoms with E-state index in [-0.39, 0.29) is 0 Å². The molecule has 1 heterocycles. The number of nitriles is 1. The van der Waals surface area contributed by atoms with E-state index in [0.717, 1.165) is 31.5 Å². The van der Waals surface area contributed by atoms with Crippen LogP contribution in [0, 0.1) is 23.2 Å². The molecule has 1 N–H and O–H groups in total. The first-order valence-electron chi connectivity index (χ1n) is 5.83. The van der Waals surface area contributed by atoms with Crippen molar-refractivity contribution in [3.63, 3.8) is 0 Å². The predicted molar refractivity (Wildman–Crippen MR) is 62.5 cm³/mol. The quantitative estimate of drug-likeness (QED) is 0.765. The van der Waals surface area contributed by atoms with Crippen molar-refractivity contribution < 1.29 is 0 Å². The molecule has 0 aromatic heterocycles. The summed E-state index contributed by atoms with van der Waals surface area (Å²) in [4.78, 5) is 2.41. The molecule has 0 bridgehead atoms. The Hall–Kier alpha value is -0.590. The van der Waals surface area contributed by atoms with Crippen molar-refractivity contribution in [1.82, 2.24) is 10.2 Å². The molecule has 3 atom stereocenters. The summed E-state index contributed by atoms with van der Waals surface area (Å²) in [6, 6.07) is 2.35. The second kappa shape index (κ2) is 4.96. The van der Waals surface area contributed by atoms with Gasteiger partial charge in [0.25, 0.3) is 0 Å². The van der Waals surface area contributed by atoms with Crippen molar-refractivity contribution in [2.75, 3.05) is 26.7 Å². The van der Waals surface area contributed by atoms with E-state index in [0.29, 0.717) is 0 Å². The molecule has 3 heteroatoms. The molecule has 15 heavy (non-hydrogen) atoms. The molecule has 1 fully saturated rings. The molecule has 0 aliphatic carbocycles. The zero-order chi connectivity index (χ0) is 11.5. The predicted octanol–water partition coefficient (Wildman–Crippen LogP) is 1.47. The molecule has 86 valence electrons. The third-order valence-electron chi connectivity index (χ3n) is 3.76. The van der Waals surface area contributed by atoms with Crippen molar-refractivity contribution in [3.8, 4) is 6.07 Å². The van der Waals surface area contributed by atoms with Gasteiger partial charge in [0.2, 0.25) is 0 Å². The number of hydrogen-bond acceptors (Lipinski definition) is 3. The highest BCUT2D eigenvalue weighted by Crippen LogP contribution is 2.23. The van der Waals surface area contributed by atoms with E-state index >= 15 is 0 Å². The molecule has 0 saturated carbocycles. The van der Waals surface area contributed by atoms with E-state index in [1.807, 2.05) is 14.0 Å². The SMILES string of the molecule is CNC(C)(C#N)CN1CCC(C)C(C)C1. The Bertz CT molecular complexity index is 246. The van der Waals surface area contributed by atoms with Crippen LogP contribution in [0.5, 0.6) is 0 Å². The third-order valence-corrected chi connectivity index (χ3v) is 3.76. The largest absolute Gasteiger partial charge is 0.302 e. The maximum Gasteiger partial charge on any atom is 0.116 e. The van der Waals surface area contributed by atoms with Gasteiger partial charge in [0.1, 0.15) is 5.54 Å². The lowest BCUT2D eigenvalue weighted by Gasteiger charge is -2.38. The summed E-state index contributed by atoms with van der Waals surface area (Å²) < 4.78 is 0. The molecular formula is C12H23N3. The van der Waals surface area contributed by atoms with Crippen LogP contribution in [-0.4, -0.2) is 37.1 Å². The number of nitrogens with zero attached hydrogens (tertiary/aromatic N) is 2. The first-order chi connectivity index (χ1) is 7.00. The van der Waals surface area contributed by atoms with Gasteiger partial charge in [-0.3, -0.25) is 0 Å². The van der Waals surface area contributed by atoms with E-state index in [2.05, 4.69) is 30.1 Å². The lowest BCUT2D eigenvalue weighted by atomic mass is 9.88. The van der Waals surface area contributed by atoms with Crippen LogP contribution in [0.15, 0.2) is 0 Å². The van der Waals surface area contributed by atoms with Gasteiger partial charge in [-0.25, -0.2) is 0 Å². The second-order valence-electron chi connectivity index (χ2n) is 5.17. The van der Waals surface area contributed by atoms with Crippen LogP contribution >= 0.6 is 0 Å². The van der Waals surface area contributed by atoms with Crippen molar-refractivity contribution in [2.45, 2.75) is 32.7 Å². The van der Waals surface area contributed by atoms with Crippen LogP contribution in [0.2, 0.25) is 0 Å². The minimum atomic E-state index is -0.402. The number of piperidine rings is 1. The Morgan fingerprint density at radius 3 is 2.60 bits per heavy atom. The molecular weight excluding hydrogens is 186 g/mol. The van der Waals surface area contributed by atoms with E-state index in [4.69, 9.17) is 5.26 Å². The van der Waals surface area contributed by atoms with Gasteiger partial charge in [-0.2, -0.15) is 5.26 Å². The van der Waals surface area contributed by atoms with Gasteiger partial charge in [-0.15, -0.1) is 0 Å². The average Bonchev–Trinajstić information content (AvgIpc) is 2.23. The summed E-state index contributed by atoms with van der Waals surface area (Å²) >= 11 is 0. The van der Waals surface area contributed by atoms with Crippen molar-refractivity contribution in [1.29, 1.82) is 5.26 Å². The van der Waals surface area contributed by atoms with Crippen molar-refractivity contribution in [2.24, 2.45) is 11.8 Å². The minimum absolute atomic E-state index is 0.402. The fourth-order valence-electron chi connectivity index (χ4n) is 2.11. The maximum atomic E-state index is 9.09. The molecule has 3 unspecified atom stereocenters. The van der Waals surface area contributed by atoms with Crippen LogP contribution in [0.1, 0.15) is 27.2 Å². The number of likely N-dealkylation sites (tertiary alicyclic amines) is 1. The smallest absolute Gasteiger partial charge is 0.116 e. The molecule has 1 saturated heterocycles. The van der Waals surface area contributed by atoms with Gasteiger partial charge in [0.05, 0.1) is 6.07 Å². The van der Waals surface area contributed by atoms with Gasteiger partial charge in [-0.1, -0.05) is 13.8 Å². The lowest BCUT2D eigenvalue weighted by Crippen LogP contribution is -2.51.